The van der Waals surface area contributed by atoms with E-state index < -0.39 is 11.3 Å². The Morgan fingerprint density at radius 3 is 3.00 bits per heavy atom. The van der Waals surface area contributed by atoms with Crippen LogP contribution < -0.4 is 5.32 Å². The van der Waals surface area contributed by atoms with Gasteiger partial charge in [0, 0.05) is 0 Å². The first-order valence-electron chi connectivity index (χ1n) is 4.39. The number of carbonyl (C=O) groups excluding carboxylic acids is 1. The van der Waals surface area contributed by atoms with E-state index in [-0.39, 0.29) is 11.1 Å². The number of rotatable bonds is 2. The van der Waals surface area contributed by atoms with Gasteiger partial charge in [-0.2, -0.15) is 9.97 Å². The molecular weight excluding hydrogens is 253 g/mol. The predicted octanol–water partition coefficient (Wildman–Crippen LogP) is 1.57. The van der Waals surface area contributed by atoms with Crippen molar-refractivity contribution in [3.63, 3.8) is 0 Å². The van der Waals surface area contributed by atoms with Gasteiger partial charge in [-0.3, -0.25) is 10.1 Å². The van der Waals surface area contributed by atoms with E-state index in [4.69, 9.17) is 23.2 Å². The number of fused-ring (bicyclic) bond motifs is 1. The fourth-order valence-corrected chi connectivity index (χ4v) is 1.34. The van der Waals surface area contributed by atoms with Gasteiger partial charge in [-0.25, -0.2) is 4.98 Å². The van der Waals surface area contributed by atoms with Gasteiger partial charge in [0.2, 0.25) is 11.9 Å². The highest BCUT2D eigenvalue weighted by Gasteiger charge is 2.13. The summed E-state index contributed by atoms with van der Waals surface area (Å²) in [5.41, 5.74) is 0.913. The van der Waals surface area contributed by atoms with E-state index in [1.165, 1.54) is 6.33 Å². The Kier molecular flexibility index (Phi) is 2.93. The molecule has 0 spiro atoms. The van der Waals surface area contributed by atoms with Crippen molar-refractivity contribution in [2.24, 2.45) is 0 Å². The molecule has 2 heterocycles. The van der Waals surface area contributed by atoms with Crippen LogP contribution in [0.15, 0.2) is 6.33 Å². The zero-order valence-electron chi connectivity index (χ0n) is 8.16. The third-order valence-corrected chi connectivity index (χ3v) is 2.31. The summed E-state index contributed by atoms with van der Waals surface area (Å²) >= 11 is 11.5. The largest absolute Gasteiger partial charge is 0.341 e. The Morgan fingerprint density at radius 2 is 2.31 bits per heavy atom. The number of hydrogen-bond donors (Lipinski definition) is 2. The van der Waals surface area contributed by atoms with Crippen LogP contribution in [0.2, 0.25) is 5.15 Å². The van der Waals surface area contributed by atoms with Gasteiger partial charge in [-0.1, -0.05) is 11.6 Å². The van der Waals surface area contributed by atoms with Gasteiger partial charge in [-0.05, 0) is 6.92 Å². The van der Waals surface area contributed by atoms with E-state index in [9.17, 15) is 4.79 Å². The lowest BCUT2D eigenvalue weighted by Crippen LogP contribution is -2.21. The minimum atomic E-state index is -0.669. The molecule has 0 saturated heterocycles. The van der Waals surface area contributed by atoms with Gasteiger partial charge in [0.25, 0.3) is 0 Å². The molecule has 2 aromatic heterocycles. The van der Waals surface area contributed by atoms with Crippen molar-refractivity contribution < 1.29 is 4.79 Å². The summed E-state index contributed by atoms with van der Waals surface area (Å²) < 4.78 is 0. The minimum absolute atomic E-state index is 0.0853. The molecule has 0 aliphatic rings. The predicted molar refractivity (Wildman–Crippen MR) is 60.6 cm³/mol. The monoisotopic (exact) mass is 259 g/mol. The molecule has 1 atom stereocenters. The molecule has 1 unspecified atom stereocenters. The van der Waals surface area contributed by atoms with E-state index in [1.807, 2.05) is 0 Å². The van der Waals surface area contributed by atoms with E-state index in [2.05, 4.69) is 25.3 Å². The van der Waals surface area contributed by atoms with Crippen LogP contribution >= 0.6 is 23.2 Å². The highest BCUT2D eigenvalue weighted by molar-refractivity contribution is 6.34. The molecule has 2 aromatic rings. The van der Waals surface area contributed by atoms with Gasteiger partial charge in [-0.15, -0.1) is 11.6 Å². The summed E-state index contributed by atoms with van der Waals surface area (Å²) in [6.45, 7) is 1.55. The average Bonchev–Trinajstić information content (AvgIpc) is 2.65. The summed E-state index contributed by atoms with van der Waals surface area (Å²) in [6.07, 6.45) is 1.45. The zero-order chi connectivity index (χ0) is 11.7. The minimum Gasteiger partial charge on any atom is -0.341 e. The Labute approximate surface area is 100 Å². The molecule has 1 amide bonds. The molecule has 2 rings (SSSR count). The first-order chi connectivity index (χ1) is 7.58. The molecule has 6 nitrogen and oxygen atoms in total. The number of anilines is 1. The second-order valence-electron chi connectivity index (χ2n) is 3.04. The molecule has 0 radical (unpaired) electrons. The van der Waals surface area contributed by atoms with Crippen LogP contribution in [0.3, 0.4) is 0 Å². The van der Waals surface area contributed by atoms with Crippen LogP contribution in [0, 0.1) is 0 Å². The first-order valence-corrected chi connectivity index (χ1v) is 5.21. The van der Waals surface area contributed by atoms with Crippen molar-refractivity contribution in [2.45, 2.75) is 12.3 Å². The Hall–Kier alpha value is -1.40. The Morgan fingerprint density at radius 1 is 1.56 bits per heavy atom. The Balaban J connectivity index is 2.35. The highest BCUT2D eigenvalue weighted by Crippen LogP contribution is 2.18. The van der Waals surface area contributed by atoms with Crippen molar-refractivity contribution in [1.29, 1.82) is 0 Å². The molecule has 0 saturated carbocycles. The first kappa shape index (κ1) is 11.1. The standard InChI is InChI=1S/C8H7Cl2N5O/c1-3(9)7(16)15-8-13-5(10)4-6(14-8)12-2-11-4/h2-3H,1H3,(H2,11,12,13,14,15,16). The van der Waals surface area contributed by atoms with E-state index in [1.54, 1.807) is 6.92 Å². The quantitative estimate of drug-likeness (QED) is 0.634. The Bertz CT molecular complexity index is 538. The number of imidazole rings is 1. The summed E-state index contributed by atoms with van der Waals surface area (Å²) in [5.74, 6) is -0.310. The normalized spacial score (nSPS) is 12.7. The fourth-order valence-electron chi connectivity index (χ4n) is 1.06. The summed E-state index contributed by atoms with van der Waals surface area (Å²) in [6, 6.07) is 0. The number of carbonyl (C=O) groups is 1. The van der Waals surface area contributed by atoms with E-state index in [0.717, 1.165) is 0 Å². The third-order valence-electron chi connectivity index (χ3n) is 1.84. The van der Waals surface area contributed by atoms with Crippen molar-refractivity contribution in [1.82, 2.24) is 19.9 Å². The number of aromatic amines is 1. The third kappa shape index (κ3) is 2.07. The van der Waals surface area contributed by atoms with Crippen LogP contribution in [0.25, 0.3) is 11.2 Å². The number of H-pyrrole nitrogens is 1. The second-order valence-corrected chi connectivity index (χ2v) is 4.06. The molecule has 0 aliphatic heterocycles. The maximum Gasteiger partial charge on any atom is 0.244 e. The maximum atomic E-state index is 11.3. The number of nitrogens with zero attached hydrogens (tertiary/aromatic N) is 3. The smallest absolute Gasteiger partial charge is 0.244 e. The van der Waals surface area contributed by atoms with Crippen LogP contribution in [-0.4, -0.2) is 31.2 Å². The lowest BCUT2D eigenvalue weighted by atomic mass is 10.4. The van der Waals surface area contributed by atoms with Crippen molar-refractivity contribution in [3.05, 3.63) is 11.5 Å². The van der Waals surface area contributed by atoms with Gasteiger partial charge in [0.1, 0.15) is 10.9 Å². The maximum absolute atomic E-state index is 11.3. The van der Waals surface area contributed by atoms with Crippen LogP contribution in [0.4, 0.5) is 5.95 Å². The average molecular weight is 260 g/mol. The molecule has 8 heteroatoms. The second kappa shape index (κ2) is 4.23. The van der Waals surface area contributed by atoms with Crippen LogP contribution in [-0.2, 0) is 4.79 Å². The number of nitrogens with one attached hydrogen (secondary N) is 2. The van der Waals surface area contributed by atoms with Gasteiger partial charge in [0.15, 0.2) is 10.8 Å². The molecule has 2 N–H and O–H groups in total. The number of halogens is 2. The number of alkyl halides is 1. The summed E-state index contributed by atoms with van der Waals surface area (Å²) in [4.78, 5) is 25.9. The van der Waals surface area contributed by atoms with Crippen LogP contribution in [0.5, 0.6) is 0 Å². The molecule has 0 bridgehead atoms. The van der Waals surface area contributed by atoms with Crippen molar-refractivity contribution in [2.75, 3.05) is 5.32 Å². The van der Waals surface area contributed by atoms with Gasteiger partial charge < -0.3 is 4.98 Å². The molecule has 0 aromatic carbocycles. The van der Waals surface area contributed by atoms with Crippen molar-refractivity contribution >= 4 is 46.2 Å². The molecule has 0 aliphatic carbocycles. The van der Waals surface area contributed by atoms with E-state index >= 15 is 0 Å². The topological polar surface area (TPSA) is 83.6 Å². The number of amides is 1. The highest BCUT2D eigenvalue weighted by atomic mass is 35.5. The fraction of sp³-hybridized carbons (Fsp3) is 0.250. The summed E-state index contributed by atoms with van der Waals surface area (Å²) in [7, 11) is 0. The van der Waals surface area contributed by atoms with E-state index in [0.29, 0.717) is 11.2 Å². The number of hydrogen-bond acceptors (Lipinski definition) is 4. The SMILES string of the molecule is CC(Cl)C(=O)Nc1nc(Cl)c2[nH]cnc2n1. The molecule has 0 fully saturated rings. The zero-order valence-corrected chi connectivity index (χ0v) is 9.67. The number of aromatic nitrogens is 4. The lowest BCUT2D eigenvalue weighted by molar-refractivity contribution is -0.115. The lowest BCUT2D eigenvalue weighted by Gasteiger charge is -2.04. The molecule has 16 heavy (non-hydrogen) atoms. The van der Waals surface area contributed by atoms with Gasteiger partial charge in [0.05, 0.1) is 6.33 Å². The molecule has 84 valence electrons. The summed E-state index contributed by atoms with van der Waals surface area (Å²) in [5, 5.41) is 1.96. The van der Waals surface area contributed by atoms with Gasteiger partial charge >= 0.3 is 0 Å². The molecular formula is C8H7Cl2N5O. The van der Waals surface area contributed by atoms with Crippen molar-refractivity contribution in [3.8, 4) is 0 Å². The van der Waals surface area contributed by atoms with Crippen LogP contribution in [0.1, 0.15) is 6.92 Å².